The van der Waals surface area contributed by atoms with E-state index in [-0.39, 0.29) is 18.7 Å². The molecule has 20 heavy (non-hydrogen) atoms. The number of nitrogens with one attached hydrogen (secondary N) is 1. The van der Waals surface area contributed by atoms with Crippen molar-refractivity contribution in [2.45, 2.75) is 25.2 Å². The molecule has 0 heterocycles. The number of likely N-dealkylation sites (N-methyl/N-ethyl adjacent to an activating group) is 1. The minimum absolute atomic E-state index is 0.0687. The minimum atomic E-state index is -4.36. The van der Waals surface area contributed by atoms with Crippen LogP contribution >= 0.6 is 0 Å². The number of rotatable bonds is 6. The lowest BCUT2D eigenvalue weighted by molar-refractivity contribution is -0.138. The first kappa shape index (κ1) is 16.9. The number of nitrogens with zero attached hydrogens (tertiary/aromatic N) is 1. The van der Waals surface area contributed by atoms with E-state index in [9.17, 15) is 18.3 Å². The number of halogens is 3. The van der Waals surface area contributed by atoms with Crippen LogP contribution in [0.15, 0.2) is 24.3 Å². The zero-order valence-electron chi connectivity index (χ0n) is 12.0. The molecule has 2 N–H and O–H groups in total. The molecule has 0 saturated heterocycles. The van der Waals surface area contributed by atoms with Gasteiger partial charge in [0.05, 0.1) is 11.2 Å². The maximum atomic E-state index is 12.8. The van der Waals surface area contributed by atoms with Crippen molar-refractivity contribution in [1.82, 2.24) is 10.2 Å². The molecule has 0 fully saturated rings. The van der Waals surface area contributed by atoms with Crippen LogP contribution in [0.25, 0.3) is 0 Å². The van der Waals surface area contributed by atoms with Crippen molar-refractivity contribution in [2.24, 2.45) is 0 Å². The van der Waals surface area contributed by atoms with Crippen LogP contribution in [0.1, 0.15) is 18.1 Å². The molecule has 1 aromatic carbocycles. The fraction of sp³-hybridized carbons (Fsp3) is 0.571. The standard InChI is InChI=1S/C14H21F3N2O/c1-13(20,10-19(2)3)9-18-8-11-6-4-5-7-12(11)14(15,16)17/h4-7,18,20H,8-10H2,1-3H3. The van der Waals surface area contributed by atoms with E-state index < -0.39 is 17.3 Å². The lowest BCUT2D eigenvalue weighted by Crippen LogP contribution is -2.45. The molecule has 0 aliphatic carbocycles. The highest BCUT2D eigenvalue weighted by molar-refractivity contribution is 5.29. The summed E-state index contributed by atoms with van der Waals surface area (Å²) >= 11 is 0. The van der Waals surface area contributed by atoms with E-state index in [1.165, 1.54) is 12.1 Å². The second-order valence-corrected chi connectivity index (χ2v) is 5.49. The molecule has 1 atom stereocenters. The predicted molar refractivity (Wildman–Crippen MR) is 72.3 cm³/mol. The number of hydrogen-bond acceptors (Lipinski definition) is 3. The molecule has 3 nitrogen and oxygen atoms in total. The van der Waals surface area contributed by atoms with Crippen LogP contribution in [-0.2, 0) is 12.7 Å². The van der Waals surface area contributed by atoms with E-state index in [1.54, 1.807) is 13.0 Å². The summed E-state index contributed by atoms with van der Waals surface area (Å²) in [5, 5.41) is 12.9. The summed E-state index contributed by atoms with van der Waals surface area (Å²) in [7, 11) is 3.65. The van der Waals surface area contributed by atoms with Crippen LogP contribution in [0, 0.1) is 0 Å². The van der Waals surface area contributed by atoms with Gasteiger partial charge in [0.1, 0.15) is 0 Å². The summed E-state index contributed by atoms with van der Waals surface area (Å²) in [6, 6.07) is 5.45. The maximum absolute atomic E-state index is 12.8. The molecule has 0 bridgehead atoms. The smallest absolute Gasteiger partial charge is 0.388 e. The highest BCUT2D eigenvalue weighted by Gasteiger charge is 2.32. The molecule has 6 heteroatoms. The molecule has 114 valence electrons. The van der Waals surface area contributed by atoms with E-state index in [0.29, 0.717) is 6.54 Å². The number of hydrogen-bond donors (Lipinski definition) is 2. The normalized spacial score (nSPS) is 15.4. The molecular weight excluding hydrogens is 269 g/mol. The molecule has 0 aromatic heterocycles. The molecule has 0 aliphatic rings. The zero-order chi connectivity index (χ0) is 15.4. The molecular formula is C14H21F3N2O. The van der Waals surface area contributed by atoms with Gasteiger partial charge in [-0.05, 0) is 32.6 Å². The van der Waals surface area contributed by atoms with Gasteiger partial charge in [-0.3, -0.25) is 0 Å². The number of alkyl halides is 3. The van der Waals surface area contributed by atoms with Gasteiger partial charge >= 0.3 is 6.18 Å². The summed E-state index contributed by atoms with van der Waals surface area (Å²) in [5.41, 5.74) is -1.45. The maximum Gasteiger partial charge on any atom is 0.416 e. The lowest BCUT2D eigenvalue weighted by atomic mass is 10.0. The number of aliphatic hydroxyl groups is 1. The summed E-state index contributed by atoms with van der Waals surface area (Å²) in [6.07, 6.45) is -4.36. The molecule has 1 unspecified atom stereocenters. The first-order chi connectivity index (χ1) is 9.12. The molecule has 0 radical (unpaired) electrons. The van der Waals surface area contributed by atoms with Crippen molar-refractivity contribution in [3.05, 3.63) is 35.4 Å². The molecule has 0 aliphatic heterocycles. The largest absolute Gasteiger partial charge is 0.416 e. The molecule has 0 amide bonds. The van der Waals surface area contributed by atoms with Crippen LogP contribution in [0.5, 0.6) is 0 Å². The van der Waals surface area contributed by atoms with Crippen molar-refractivity contribution < 1.29 is 18.3 Å². The fourth-order valence-corrected chi connectivity index (χ4v) is 2.15. The Labute approximate surface area is 117 Å². The van der Waals surface area contributed by atoms with Gasteiger partial charge in [-0.15, -0.1) is 0 Å². The van der Waals surface area contributed by atoms with Crippen molar-refractivity contribution in [2.75, 3.05) is 27.2 Å². The molecule has 0 spiro atoms. The third-order valence-electron chi connectivity index (χ3n) is 2.80. The number of benzene rings is 1. The van der Waals surface area contributed by atoms with Crippen molar-refractivity contribution in [1.29, 1.82) is 0 Å². The monoisotopic (exact) mass is 290 g/mol. The second-order valence-electron chi connectivity index (χ2n) is 5.49. The Morgan fingerprint density at radius 1 is 1.20 bits per heavy atom. The summed E-state index contributed by atoms with van der Waals surface area (Å²) in [5.74, 6) is 0. The summed E-state index contributed by atoms with van der Waals surface area (Å²) in [4.78, 5) is 1.82. The fourth-order valence-electron chi connectivity index (χ4n) is 2.15. The van der Waals surface area contributed by atoms with Crippen LogP contribution in [0.2, 0.25) is 0 Å². The van der Waals surface area contributed by atoms with Crippen molar-refractivity contribution in [3.8, 4) is 0 Å². The van der Waals surface area contributed by atoms with Gasteiger partial charge in [0, 0.05) is 19.6 Å². The van der Waals surface area contributed by atoms with Crippen molar-refractivity contribution >= 4 is 0 Å². The highest BCUT2D eigenvalue weighted by Crippen LogP contribution is 2.31. The van der Waals surface area contributed by atoms with E-state index in [4.69, 9.17) is 0 Å². The Bertz CT molecular complexity index is 431. The van der Waals surface area contributed by atoms with Gasteiger partial charge < -0.3 is 15.3 Å². The van der Waals surface area contributed by atoms with Gasteiger partial charge in [0.15, 0.2) is 0 Å². The quantitative estimate of drug-likeness (QED) is 0.842. The molecule has 1 aromatic rings. The second kappa shape index (κ2) is 6.56. The van der Waals surface area contributed by atoms with Gasteiger partial charge in [-0.1, -0.05) is 18.2 Å². The summed E-state index contributed by atoms with van der Waals surface area (Å²) < 4.78 is 38.4. The van der Waals surface area contributed by atoms with Crippen LogP contribution in [0.4, 0.5) is 13.2 Å². The van der Waals surface area contributed by atoms with E-state index in [1.807, 2.05) is 19.0 Å². The zero-order valence-corrected chi connectivity index (χ0v) is 12.0. The van der Waals surface area contributed by atoms with Crippen molar-refractivity contribution in [3.63, 3.8) is 0 Å². The first-order valence-electron chi connectivity index (χ1n) is 6.35. The predicted octanol–water partition coefficient (Wildman–Crippen LogP) is 2.11. The van der Waals surface area contributed by atoms with E-state index in [0.717, 1.165) is 6.07 Å². The van der Waals surface area contributed by atoms with E-state index >= 15 is 0 Å². The Morgan fingerprint density at radius 2 is 1.80 bits per heavy atom. The minimum Gasteiger partial charge on any atom is -0.388 e. The Hall–Kier alpha value is -1.11. The third kappa shape index (κ3) is 5.48. The SMILES string of the molecule is CN(C)CC(C)(O)CNCc1ccccc1C(F)(F)F. The lowest BCUT2D eigenvalue weighted by Gasteiger charge is -2.27. The Kier molecular flexibility index (Phi) is 5.56. The van der Waals surface area contributed by atoms with Crippen LogP contribution in [-0.4, -0.2) is 42.8 Å². The van der Waals surface area contributed by atoms with E-state index in [2.05, 4.69) is 5.32 Å². The Morgan fingerprint density at radius 3 is 2.35 bits per heavy atom. The average Bonchev–Trinajstić information content (AvgIpc) is 2.26. The third-order valence-corrected chi connectivity index (χ3v) is 2.80. The topological polar surface area (TPSA) is 35.5 Å². The Balaban J connectivity index is 2.63. The van der Waals surface area contributed by atoms with Crippen LogP contribution in [0.3, 0.4) is 0 Å². The molecule has 0 saturated carbocycles. The van der Waals surface area contributed by atoms with Gasteiger partial charge in [0.25, 0.3) is 0 Å². The van der Waals surface area contributed by atoms with Crippen LogP contribution < -0.4 is 5.32 Å². The highest BCUT2D eigenvalue weighted by atomic mass is 19.4. The molecule has 1 rings (SSSR count). The van der Waals surface area contributed by atoms with Gasteiger partial charge in [-0.25, -0.2) is 0 Å². The van der Waals surface area contributed by atoms with Gasteiger partial charge in [0.2, 0.25) is 0 Å². The van der Waals surface area contributed by atoms with Gasteiger partial charge in [-0.2, -0.15) is 13.2 Å². The average molecular weight is 290 g/mol. The summed E-state index contributed by atoms with van der Waals surface area (Å²) in [6.45, 7) is 2.37. The first-order valence-corrected chi connectivity index (χ1v) is 6.35.